The van der Waals surface area contributed by atoms with Crippen LogP contribution in [-0.4, -0.2) is 38.5 Å². The lowest BCUT2D eigenvalue weighted by molar-refractivity contribution is -0.143. The van der Waals surface area contributed by atoms with Gasteiger partial charge in [0.15, 0.2) is 11.5 Å². The quantitative estimate of drug-likeness (QED) is 0.138. The lowest BCUT2D eigenvalue weighted by Gasteiger charge is -2.15. The van der Waals surface area contributed by atoms with E-state index in [1.54, 1.807) is 0 Å². The van der Waals surface area contributed by atoms with Gasteiger partial charge in [0.1, 0.15) is 11.4 Å². The summed E-state index contributed by atoms with van der Waals surface area (Å²) in [7, 11) is 0. The highest BCUT2D eigenvalue weighted by atomic mass is 16.5. The van der Waals surface area contributed by atoms with Gasteiger partial charge in [-0.2, -0.15) is 0 Å². The fourth-order valence-corrected chi connectivity index (χ4v) is 4.46. The van der Waals surface area contributed by atoms with E-state index in [1.165, 1.54) is 6.07 Å². The van der Waals surface area contributed by atoms with Crippen LogP contribution in [0.25, 0.3) is 0 Å². The number of phenolic OH excluding ortho intramolecular Hbond substituents is 3. The van der Waals surface area contributed by atoms with Gasteiger partial charge in [0.25, 0.3) is 6.47 Å². The first-order valence-corrected chi connectivity index (χ1v) is 11.4. The molecule has 0 saturated heterocycles. The predicted molar refractivity (Wildman–Crippen MR) is 114 cm³/mol. The molecule has 1 aromatic carbocycles. The number of aliphatic carboxylic acids is 1. The standard InChI is InChI=1S/C24H34O7/c25-16-31-24(13-14-24)10-6-2-4-8-18-20(27)17(15-19(26)21(18)28)7-3-1-5-9-23(11-12-23)22(29)30/h15-16,26-28H,1-14H2,(H,29,30). The Balaban J connectivity index is 1.44. The topological polar surface area (TPSA) is 124 Å². The molecular weight excluding hydrogens is 400 g/mol. The number of carboxylic acid groups (broad SMARTS) is 1. The summed E-state index contributed by atoms with van der Waals surface area (Å²) in [6.07, 6.45) is 10.9. The Hall–Kier alpha value is -2.44. The van der Waals surface area contributed by atoms with Gasteiger partial charge in [-0.15, -0.1) is 0 Å². The van der Waals surface area contributed by atoms with Crippen LogP contribution in [0.15, 0.2) is 6.07 Å². The van der Waals surface area contributed by atoms with E-state index >= 15 is 0 Å². The van der Waals surface area contributed by atoms with E-state index in [4.69, 9.17) is 4.74 Å². The van der Waals surface area contributed by atoms with E-state index in [-0.39, 0.29) is 22.8 Å². The number of aryl methyl sites for hydroxylation is 1. The van der Waals surface area contributed by atoms with Crippen LogP contribution in [0, 0.1) is 5.41 Å². The molecule has 2 saturated carbocycles. The van der Waals surface area contributed by atoms with Crippen molar-refractivity contribution in [2.24, 2.45) is 5.41 Å². The number of carbonyl (C=O) groups is 2. The minimum absolute atomic E-state index is 0.0439. The van der Waals surface area contributed by atoms with Gasteiger partial charge in [0.05, 0.1) is 5.41 Å². The molecule has 172 valence electrons. The Morgan fingerprint density at radius 1 is 0.903 bits per heavy atom. The summed E-state index contributed by atoms with van der Waals surface area (Å²) in [5.41, 5.74) is 0.238. The van der Waals surface area contributed by atoms with Gasteiger partial charge in [-0.05, 0) is 82.3 Å². The predicted octanol–water partition coefficient (Wildman–Crippen LogP) is 4.58. The molecule has 0 spiro atoms. The Morgan fingerprint density at radius 2 is 1.55 bits per heavy atom. The molecule has 0 unspecified atom stereocenters. The van der Waals surface area contributed by atoms with Crippen LogP contribution in [0.5, 0.6) is 17.2 Å². The fourth-order valence-electron chi connectivity index (χ4n) is 4.46. The van der Waals surface area contributed by atoms with Gasteiger partial charge < -0.3 is 25.2 Å². The minimum atomic E-state index is -0.693. The second kappa shape index (κ2) is 9.79. The number of hydrogen-bond acceptors (Lipinski definition) is 6. The average molecular weight is 435 g/mol. The molecule has 2 fully saturated rings. The zero-order valence-electron chi connectivity index (χ0n) is 18.1. The van der Waals surface area contributed by atoms with E-state index in [1.807, 2.05) is 0 Å². The Bertz CT molecular complexity index is 794. The number of carboxylic acids is 1. The molecule has 0 amide bonds. The number of rotatable bonds is 15. The molecule has 4 N–H and O–H groups in total. The molecule has 0 heterocycles. The molecule has 31 heavy (non-hydrogen) atoms. The molecule has 0 aliphatic heterocycles. The summed E-state index contributed by atoms with van der Waals surface area (Å²) < 4.78 is 5.14. The molecule has 0 radical (unpaired) electrons. The number of hydrogen-bond donors (Lipinski definition) is 4. The van der Waals surface area contributed by atoms with Gasteiger partial charge in [-0.3, -0.25) is 9.59 Å². The maximum absolute atomic E-state index is 11.2. The van der Waals surface area contributed by atoms with Crippen molar-refractivity contribution >= 4 is 12.4 Å². The Morgan fingerprint density at radius 3 is 2.13 bits per heavy atom. The summed E-state index contributed by atoms with van der Waals surface area (Å²) >= 11 is 0. The van der Waals surface area contributed by atoms with Crippen LogP contribution in [0.2, 0.25) is 0 Å². The molecule has 0 aromatic heterocycles. The monoisotopic (exact) mass is 434 g/mol. The van der Waals surface area contributed by atoms with Crippen LogP contribution >= 0.6 is 0 Å². The maximum Gasteiger partial charge on any atom is 0.309 e. The molecule has 2 aliphatic rings. The smallest absolute Gasteiger partial charge is 0.309 e. The molecule has 2 aliphatic carbocycles. The molecule has 1 aromatic rings. The molecule has 0 bridgehead atoms. The third-order valence-electron chi connectivity index (χ3n) is 7.00. The van der Waals surface area contributed by atoms with Crippen LogP contribution in [0.3, 0.4) is 0 Å². The van der Waals surface area contributed by atoms with Crippen molar-refractivity contribution in [2.45, 2.75) is 95.5 Å². The van der Waals surface area contributed by atoms with Crippen molar-refractivity contribution in [3.8, 4) is 17.2 Å². The average Bonchev–Trinajstić information content (AvgIpc) is 3.65. The van der Waals surface area contributed by atoms with Crippen molar-refractivity contribution in [1.82, 2.24) is 0 Å². The number of aromatic hydroxyl groups is 3. The van der Waals surface area contributed by atoms with Crippen LogP contribution in [0.4, 0.5) is 0 Å². The number of unbranched alkanes of at least 4 members (excludes halogenated alkanes) is 4. The SMILES string of the molecule is O=COC1(CCCCCc2c(O)c(O)cc(CCCCCC3(C(=O)O)CC3)c2O)CC1. The lowest BCUT2D eigenvalue weighted by Crippen LogP contribution is -2.14. The fraction of sp³-hybridized carbons (Fsp3) is 0.667. The zero-order chi connectivity index (χ0) is 22.5. The third-order valence-corrected chi connectivity index (χ3v) is 7.00. The maximum atomic E-state index is 11.2. The van der Waals surface area contributed by atoms with Gasteiger partial charge >= 0.3 is 5.97 Å². The minimum Gasteiger partial charge on any atom is -0.507 e. The van der Waals surface area contributed by atoms with Gasteiger partial charge in [-0.25, -0.2) is 0 Å². The first-order valence-electron chi connectivity index (χ1n) is 11.4. The van der Waals surface area contributed by atoms with Crippen LogP contribution in [-0.2, 0) is 27.2 Å². The first kappa shape index (κ1) is 23.2. The van der Waals surface area contributed by atoms with Crippen molar-refractivity contribution in [3.05, 3.63) is 17.2 Å². The summed E-state index contributed by atoms with van der Waals surface area (Å²) in [5, 5.41) is 40.1. The highest BCUT2D eigenvalue weighted by Gasteiger charge is 2.49. The van der Waals surface area contributed by atoms with E-state index in [0.717, 1.165) is 70.6 Å². The Labute approximate surface area is 183 Å². The zero-order valence-corrected chi connectivity index (χ0v) is 18.1. The molecule has 7 nitrogen and oxygen atoms in total. The van der Waals surface area contributed by atoms with Crippen molar-refractivity contribution in [2.75, 3.05) is 0 Å². The largest absolute Gasteiger partial charge is 0.507 e. The Kier molecular flexibility index (Phi) is 7.34. The summed E-state index contributed by atoms with van der Waals surface area (Å²) in [5.74, 6) is -1.13. The van der Waals surface area contributed by atoms with Gasteiger partial charge in [0, 0.05) is 5.56 Å². The number of ether oxygens (including phenoxy) is 1. The number of benzene rings is 1. The number of carbonyl (C=O) groups excluding carboxylic acids is 1. The van der Waals surface area contributed by atoms with Crippen LogP contribution in [0.1, 0.15) is 88.2 Å². The second-order valence-electron chi connectivity index (χ2n) is 9.33. The normalized spacial score (nSPS) is 17.8. The highest BCUT2D eigenvalue weighted by molar-refractivity contribution is 5.77. The highest BCUT2D eigenvalue weighted by Crippen LogP contribution is 2.50. The van der Waals surface area contributed by atoms with Crippen LogP contribution < -0.4 is 0 Å². The van der Waals surface area contributed by atoms with Crippen molar-refractivity contribution in [3.63, 3.8) is 0 Å². The lowest BCUT2D eigenvalue weighted by atomic mass is 9.95. The second-order valence-corrected chi connectivity index (χ2v) is 9.33. The third kappa shape index (κ3) is 5.83. The van der Waals surface area contributed by atoms with E-state index in [9.17, 15) is 30.0 Å². The molecule has 7 heteroatoms. The summed E-state index contributed by atoms with van der Waals surface area (Å²) in [6, 6.07) is 1.42. The first-order chi connectivity index (χ1) is 14.8. The van der Waals surface area contributed by atoms with Crippen molar-refractivity contribution in [1.29, 1.82) is 0 Å². The van der Waals surface area contributed by atoms with Crippen molar-refractivity contribution < 1.29 is 34.8 Å². The molecule has 3 rings (SSSR count). The van der Waals surface area contributed by atoms with E-state index in [2.05, 4.69) is 0 Å². The van der Waals surface area contributed by atoms with E-state index in [0.29, 0.717) is 36.9 Å². The molecular formula is C24H34O7. The van der Waals surface area contributed by atoms with Gasteiger partial charge in [-0.1, -0.05) is 19.3 Å². The summed E-state index contributed by atoms with van der Waals surface area (Å²) in [4.78, 5) is 21.8. The summed E-state index contributed by atoms with van der Waals surface area (Å²) in [6.45, 7) is 0.521. The number of phenols is 3. The van der Waals surface area contributed by atoms with Gasteiger partial charge in [0.2, 0.25) is 0 Å². The molecule has 0 atom stereocenters. The van der Waals surface area contributed by atoms with E-state index < -0.39 is 11.4 Å².